The Kier molecular flexibility index (Phi) is 5.33. The lowest BCUT2D eigenvalue weighted by Gasteiger charge is -2.34. The maximum Gasteiger partial charge on any atom is 0.412 e. The first kappa shape index (κ1) is 24.4. The highest BCUT2D eigenvalue weighted by Crippen LogP contribution is 2.49. The number of aromatic nitrogens is 5. The Labute approximate surface area is 224 Å². The van der Waals surface area contributed by atoms with Gasteiger partial charge in [0.1, 0.15) is 11.9 Å². The Morgan fingerprint density at radius 1 is 1.16 bits per heavy atom. The number of halogens is 1. The molecule has 4 heterocycles. The Balaban J connectivity index is 1.61. The standard InChI is InChI=1S/C27H28ClN7O3/c1-14-29-30-24-19(35(26(37)38)27(2,3)4)12-18(13-33(14)24)34-22(16-8-10-17(28)11-9-16)23-20(25(34)36)21(15-6-7-15)31-32(23)5/h8-13,15,22H,6-7H2,1-5H3,(H,37,38). The second kappa shape index (κ2) is 8.29. The van der Waals surface area contributed by atoms with Crippen LogP contribution in [0.5, 0.6) is 0 Å². The summed E-state index contributed by atoms with van der Waals surface area (Å²) < 4.78 is 3.55. The Morgan fingerprint density at radius 2 is 1.84 bits per heavy atom. The van der Waals surface area contributed by atoms with E-state index in [1.807, 2.05) is 44.6 Å². The lowest BCUT2D eigenvalue weighted by molar-refractivity contribution is 0.0992. The molecule has 1 aromatic carbocycles. The largest absolute Gasteiger partial charge is 0.465 e. The molecule has 11 heteroatoms. The lowest BCUT2D eigenvalue weighted by atomic mass is 10.0. The average molecular weight is 534 g/mol. The van der Waals surface area contributed by atoms with Crippen molar-refractivity contribution in [1.29, 1.82) is 0 Å². The fraction of sp³-hybridized carbons (Fsp3) is 0.370. The molecule has 0 spiro atoms. The van der Waals surface area contributed by atoms with Crippen LogP contribution in [0.15, 0.2) is 36.5 Å². The highest BCUT2D eigenvalue weighted by atomic mass is 35.5. The lowest BCUT2D eigenvalue weighted by Crippen LogP contribution is -2.45. The molecule has 1 fully saturated rings. The summed E-state index contributed by atoms with van der Waals surface area (Å²) in [7, 11) is 1.87. The van der Waals surface area contributed by atoms with Gasteiger partial charge in [0.05, 0.1) is 28.3 Å². The van der Waals surface area contributed by atoms with Gasteiger partial charge in [-0.05, 0) is 64.3 Å². The van der Waals surface area contributed by atoms with Crippen molar-refractivity contribution in [3.63, 3.8) is 0 Å². The van der Waals surface area contributed by atoms with E-state index in [9.17, 15) is 14.7 Å². The van der Waals surface area contributed by atoms with Gasteiger partial charge in [-0.1, -0.05) is 23.7 Å². The number of aryl methyl sites for hydroxylation is 2. The van der Waals surface area contributed by atoms with Crippen LogP contribution < -0.4 is 9.80 Å². The number of hydrogen-bond acceptors (Lipinski definition) is 5. The zero-order valence-corrected chi connectivity index (χ0v) is 22.6. The Morgan fingerprint density at radius 3 is 2.45 bits per heavy atom. The number of carbonyl (C=O) groups is 2. The Bertz CT molecular complexity index is 1610. The molecule has 6 rings (SSSR count). The van der Waals surface area contributed by atoms with Crippen molar-refractivity contribution in [2.75, 3.05) is 9.80 Å². The van der Waals surface area contributed by atoms with Crippen molar-refractivity contribution in [2.45, 2.75) is 58.0 Å². The first-order chi connectivity index (χ1) is 18.0. The van der Waals surface area contributed by atoms with Crippen molar-refractivity contribution in [3.05, 3.63) is 69.9 Å². The summed E-state index contributed by atoms with van der Waals surface area (Å²) in [6.45, 7) is 7.24. The number of anilines is 2. The van der Waals surface area contributed by atoms with Crippen LogP contribution in [0.3, 0.4) is 0 Å². The van der Waals surface area contributed by atoms with Crippen LogP contribution in [-0.2, 0) is 7.05 Å². The van der Waals surface area contributed by atoms with Gasteiger partial charge in [0.2, 0.25) is 0 Å². The average Bonchev–Trinajstić information content (AvgIpc) is 3.44. The molecule has 1 aliphatic carbocycles. The summed E-state index contributed by atoms with van der Waals surface area (Å²) in [6, 6.07) is 8.68. The summed E-state index contributed by atoms with van der Waals surface area (Å²) in [5, 5.41) is 24.0. The smallest absolute Gasteiger partial charge is 0.412 e. The molecule has 1 unspecified atom stereocenters. The molecule has 0 bridgehead atoms. The molecule has 2 aliphatic rings. The normalized spacial score (nSPS) is 17.4. The number of fused-ring (bicyclic) bond motifs is 2. The number of amides is 2. The van der Waals surface area contributed by atoms with Gasteiger partial charge in [-0.3, -0.25) is 23.7 Å². The van der Waals surface area contributed by atoms with Crippen LogP contribution in [0.4, 0.5) is 16.2 Å². The van der Waals surface area contributed by atoms with Crippen LogP contribution in [-0.4, -0.2) is 47.0 Å². The van der Waals surface area contributed by atoms with Crippen LogP contribution >= 0.6 is 11.6 Å². The monoisotopic (exact) mass is 533 g/mol. The van der Waals surface area contributed by atoms with E-state index >= 15 is 0 Å². The zero-order valence-electron chi connectivity index (χ0n) is 21.8. The first-order valence-corrected chi connectivity index (χ1v) is 12.9. The molecular formula is C27H28ClN7O3. The molecule has 196 valence electrons. The number of carboxylic acid groups (broad SMARTS) is 1. The predicted molar refractivity (Wildman–Crippen MR) is 143 cm³/mol. The predicted octanol–water partition coefficient (Wildman–Crippen LogP) is 5.33. The quantitative estimate of drug-likeness (QED) is 0.379. The van der Waals surface area contributed by atoms with Gasteiger partial charge in [-0.2, -0.15) is 5.10 Å². The van der Waals surface area contributed by atoms with E-state index in [0.717, 1.165) is 29.8 Å². The van der Waals surface area contributed by atoms with E-state index in [0.29, 0.717) is 33.4 Å². The topological polar surface area (TPSA) is 109 Å². The third-order valence-corrected chi connectivity index (χ3v) is 7.49. The minimum absolute atomic E-state index is 0.163. The van der Waals surface area contributed by atoms with Gasteiger partial charge in [-0.15, -0.1) is 10.2 Å². The van der Waals surface area contributed by atoms with E-state index in [2.05, 4.69) is 10.2 Å². The number of rotatable bonds is 4. The van der Waals surface area contributed by atoms with Crippen LogP contribution in [0.1, 0.15) is 78.7 Å². The summed E-state index contributed by atoms with van der Waals surface area (Å²) in [4.78, 5) is 29.7. The Hall–Kier alpha value is -3.92. The van der Waals surface area contributed by atoms with Crippen LogP contribution in [0.25, 0.3) is 5.65 Å². The molecule has 10 nitrogen and oxygen atoms in total. The summed E-state index contributed by atoms with van der Waals surface area (Å²) >= 11 is 6.21. The highest BCUT2D eigenvalue weighted by molar-refractivity contribution is 6.30. The number of carbonyl (C=O) groups excluding carboxylic acids is 1. The summed E-state index contributed by atoms with van der Waals surface area (Å²) in [6.07, 6.45) is 2.70. The van der Waals surface area contributed by atoms with Gasteiger partial charge >= 0.3 is 6.09 Å². The van der Waals surface area contributed by atoms with Gasteiger partial charge < -0.3 is 5.11 Å². The highest BCUT2D eigenvalue weighted by Gasteiger charge is 2.47. The van der Waals surface area contributed by atoms with Crippen molar-refractivity contribution in [3.8, 4) is 0 Å². The molecule has 0 radical (unpaired) electrons. The zero-order chi connectivity index (χ0) is 27.1. The molecule has 1 aliphatic heterocycles. The molecule has 3 aromatic heterocycles. The first-order valence-electron chi connectivity index (χ1n) is 12.5. The molecule has 1 atom stereocenters. The number of benzene rings is 1. The van der Waals surface area contributed by atoms with Crippen LogP contribution in [0.2, 0.25) is 5.02 Å². The third-order valence-electron chi connectivity index (χ3n) is 7.24. The molecule has 1 saturated carbocycles. The minimum atomic E-state index is -1.12. The fourth-order valence-electron chi connectivity index (χ4n) is 5.43. The molecule has 4 aromatic rings. The summed E-state index contributed by atoms with van der Waals surface area (Å²) in [5.74, 6) is 0.694. The van der Waals surface area contributed by atoms with Gasteiger partial charge in [0.15, 0.2) is 5.65 Å². The fourth-order valence-corrected chi connectivity index (χ4v) is 5.56. The van der Waals surface area contributed by atoms with Gasteiger partial charge in [0.25, 0.3) is 5.91 Å². The molecule has 0 saturated heterocycles. The molecule has 2 amide bonds. The number of hydrogen-bond donors (Lipinski definition) is 1. The van der Waals surface area contributed by atoms with E-state index in [-0.39, 0.29) is 11.8 Å². The van der Waals surface area contributed by atoms with Crippen molar-refractivity contribution < 1.29 is 14.7 Å². The maximum atomic E-state index is 14.3. The minimum Gasteiger partial charge on any atom is -0.465 e. The van der Waals surface area contributed by atoms with Gasteiger partial charge in [0, 0.05) is 29.7 Å². The number of nitrogens with zero attached hydrogens (tertiary/aromatic N) is 7. The molecule has 38 heavy (non-hydrogen) atoms. The number of pyridine rings is 1. The van der Waals surface area contributed by atoms with Crippen molar-refractivity contribution in [1.82, 2.24) is 24.4 Å². The van der Waals surface area contributed by atoms with Crippen molar-refractivity contribution in [2.24, 2.45) is 7.05 Å². The van der Waals surface area contributed by atoms with E-state index in [4.69, 9.17) is 16.7 Å². The summed E-state index contributed by atoms with van der Waals surface area (Å²) in [5.41, 5.74) is 3.65. The second-order valence-corrected chi connectivity index (χ2v) is 11.4. The van der Waals surface area contributed by atoms with E-state index in [1.54, 1.807) is 40.6 Å². The van der Waals surface area contributed by atoms with Crippen molar-refractivity contribution >= 4 is 40.6 Å². The van der Waals surface area contributed by atoms with Gasteiger partial charge in [-0.25, -0.2) is 4.79 Å². The van der Waals surface area contributed by atoms with E-state index in [1.165, 1.54) is 4.90 Å². The second-order valence-electron chi connectivity index (χ2n) is 11.0. The molecule has 1 N–H and O–H groups in total. The van der Waals surface area contributed by atoms with E-state index < -0.39 is 17.7 Å². The van der Waals surface area contributed by atoms with Crippen LogP contribution in [0, 0.1) is 6.92 Å². The molecular weight excluding hydrogens is 506 g/mol. The third kappa shape index (κ3) is 3.65. The maximum absolute atomic E-state index is 14.3. The SMILES string of the molecule is Cc1nnc2c(N(C(=O)O)C(C)(C)C)cc(N3C(=O)c4c(C5CC5)nn(C)c4C3c3ccc(Cl)cc3)cn12.